The molecule has 1 rings (SSSR count). The lowest BCUT2D eigenvalue weighted by molar-refractivity contribution is 0.0989. The first kappa shape index (κ1) is 23.1. The molecule has 7 nitrogen and oxygen atoms in total. The number of nitrogens with zero attached hydrogens (tertiary/aromatic N) is 2. The third kappa shape index (κ3) is 6.63. The lowest BCUT2D eigenvalue weighted by atomic mass is 10.1. The van der Waals surface area contributed by atoms with Gasteiger partial charge in [-0.3, -0.25) is 0 Å². The molecule has 0 aromatic heterocycles. The summed E-state index contributed by atoms with van der Waals surface area (Å²) in [6.45, 7) is 6.77. The van der Waals surface area contributed by atoms with E-state index in [1.165, 1.54) is 0 Å². The zero-order valence-corrected chi connectivity index (χ0v) is 17.0. The van der Waals surface area contributed by atoms with Gasteiger partial charge in [-0.15, -0.1) is 0 Å². The normalized spacial score (nSPS) is 13.6. The molecular formula is C19H29N3O4S. The summed E-state index contributed by atoms with van der Waals surface area (Å²) >= 11 is 0. The second-order valence-corrected chi connectivity index (χ2v) is 7.99. The Kier molecular flexibility index (Phi) is 9.46. The Bertz CT molecular complexity index is 761. The largest absolute Gasteiger partial charge is 0.394 e. The molecule has 1 aromatic rings. The molecule has 0 saturated heterocycles. The average molecular weight is 396 g/mol. The smallest absolute Gasteiger partial charge is 0.251 e. The van der Waals surface area contributed by atoms with Crippen molar-refractivity contribution in [2.45, 2.75) is 39.7 Å². The van der Waals surface area contributed by atoms with Crippen molar-refractivity contribution in [1.29, 1.82) is 5.26 Å². The Morgan fingerprint density at radius 2 is 1.78 bits per heavy atom. The highest BCUT2D eigenvalue weighted by Gasteiger charge is 2.22. The van der Waals surface area contributed by atoms with Crippen molar-refractivity contribution in [2.24, 2.45) is 0 Å². The molecule has 0 aliphatic rings. The van der Waals surface area contributed by atoms with E-state index in [9.17, 15) is 18.8 Å². The minimum atomic E-state index is -4.08. The Hall–Kier alpha value is -1.92. The summed E-state index contributed by atoms with van der Waals surface area (Å²) in [4.78, 5) is 1.86. The number of anilines is 1. The number of hydrogen-bond donors (Lipinski definition) is 3. The Labute approximate surface area is 162 Å². The third-order valence-electron chi connectivity index (χ3n) is 4.08. The van der Waals surface area contributed by atoms with Gasteiger partial charge in [0.05, 0.1) is 12.7 Å². The fourth-order valence-electron chi connectivity index (χ4n) is 2.65. The van der Waals surface area contributed by atoms with Gasteiger partial charge in [0.25, 0.3) is 10.0 Å². The van der Waals surface area contributed by atoms with Crippen LogP contribution in [0.2, 0.25) is 0 Å². The topological polar surface area (TPSA) is 114 Å². The molecule has 0 aliphatic carbocycles. The third-order valence-corrected chi connectivity index (χ3v) is 5.56. The first-order chi connectivity index (χ1) is 12.8. The number of sulfonamides is 1. The van der Waals surface area contributed by atoms with Gasteiger partial charge in [0.2, 0.25) is 0 Å². The van der Waals surface area contributed by atoms with E-state index in [0.29, 0.717) is 11.1 Å². The number of aliphatic hydroxyl groups is 2. The predicted octanol–water partition coefficient (Wildman–Crippen LogP) is 1.84. The van der Waals surface area contributed by atoms with E-state index >= 15 is 0 Å². The van der Waals surface area contributed by atoms with Crippen molar-refractivity contribution in [3.63, 3.8) is 0 Å². The summed E-state index contributed by atoms with van der Waals surface area (Å²) in [5, 5.41) is 27.5. The first-order valence-corrected chi connectivity index (χ1v) is 10.5. The van der Waals surface area contributed by atoms with Crippen LogP contribution in [0.4, 0.5) is 5.69 Å². The molecule has 3 N–H and O–H groups in total. The van der Waals surface area contributed by atoms with Gasteiger partial charge in [0.1, 0.15) is 6.07 Å². The Morgan fingerprint density at radius 1 is 1.22 bits per heavy atom. The number of nitriles is 1. The fourth-order valence-corrected chi connectivity index (χ4v) is 3.85. The van der Waals surface area contributed by atoms with E-state index < -0.39 is 27.6 Å². The van der Waals surface area contributed by atoms with Crippen LogP contribution in [0.3, 0.4) is 0 Å². The quantitative estimate of drug-likeness (QED) is 0.493. The van der Waals surface area contributed by atoms with E-state index in [1.54, 1.807) is 25.1 Å². The highest BCUT2D eigenvalue weighted by molar-refractivity contribution is 7.93. The molecule has 0 radical (unpaired) electrons. The predicted molar refractivity (Wildman–Crippen MR) is 107 cm³/mol. The molecule has 8 heteroatoms. The SMILES string of the molecule is CCCN(CCC)c1ccc(/C(C)=C(\C#N)S(=O)(=O)NCC(O)CO)cc1. The highest BCUT2D eigenvalue weighted by Crippen LogP contribution is 2.24. The van der Waals surface area contributed by atoms with Crippen LogP contribution in [0, 0.1) is 11.3 Å². The van der Waals surface area contributed by atoms with Crippen molar-refractivity contribution >= 4 is 21.3 Å². The number of aliphatic hydroxyl groups excluding tert-OH is 2. The molecule has 0 saturated carbocycles. The van der Waals surface area contributed by atoms with Gasteiger partial charge in [0.15, 0.2) is 4.91 Å². The maximum atomic E-state index is 12.3. The summed E-state index contributed by atoms with van der Waals surface area (Å²) in [6, 6.07) is 9.19. The molecule has 0 amide bonds. The van der Waals surface area contributed by atoms with Crippen molar-refractivity contribution in [3.8, 4) is 6.07 Å². The molecule has 27 heavy (non-hydrogen) atoms. The molecule has 150 valence electrons. The number of benzene rings is 1. The standard InChI is InChI=1S/C19H29N3O4S/c1-4-10-22(11-5-2)17-8-6-16(7-9-17)15(3)19(12-20)27(25,26)21-13-18(24)14-23/h6-9,18,21,23-24H,4-5,10-11,13-14H2,1-3H3/b19-15+. The number of rotatable bonds is 11. The molecule has 1 unspecified atom stereocenters. The average Bonchev–Trinajstić information content (AvgIpc) is 2.66. The molecule has 0 aliphatic heterocycles. The monoisotopic (exact) mass is 395 g/mol. The van der Waals surface area contributed by atoms with E-state index in [0.717, 1.165) is 31.6 Å². The molecule has 0 fully saturated rings. The van der Waals surface area contributed by atoms with Crippen LogP contribution < -0.4 is 9.62 Å². The Balaban J connectivity index is 3.12. The van der Waals surface area contributed by atoms with Crippen LogP contribution in [0.1, 0.15) is 39.2 Å². The number of nitrogens with one attached hydrogen (secondary N) is 1. The van der Waals surface area contributed by atoms with Gasteiger partial charge in [0, 0.05) is 25.3 Å². The molecule has 0 heterocycles. The molecule has 1 aromatic carbocycles. The lowest BCUT2D eigenvalue weighted by Crippen LogP contribution is -2.34. The van der Waals surface area contributed by atoms with Crippen molar-refractivity contribution in [2.75, 3.05) is 31.1 Å². The van der Waals surface area contributed by atoms with Crippen LogP contribution in [0.15, 0.2) is 29.2 Å². The van der Waals surface area contributed by atoms with Crippen LogP contribution in [0.25, 0.3) is 5.57 Å². The van der Waals surface area contributed by atoms with Crippen LogP contribution in [-0.4, -0.2) is 51.0 Å². The maximum absolute atomic E-state index is 12.3. The van der Waals surface area contributed by atoms with Gasteiger partial charge in [-0.25, -0.2) is 13.1 Å². The van der Waals surface area contributed by atoms with E-state index in [-0.39, 0.29) is 6.54 Å². The fraction of sp³-hybridized carbons (Fsp3) is 0.526. The zero-order valence-electron chi connectivity index (χ0n) is 16.1. The van der Waals surface area contributed by atoms with Gasteiger partial charge < -0.3 is 15.1 Å². The van der Waals surface area contributed by atoms with Crippen molar-refractivity contribution in [1.82, 2.24) is 4.72 Å². The van der Waals surface area contributed by atoms with Crippen molar-refractivity contribution < 1.29 is 18.6 Å². The van der Waals surface area contributed by atoms with Gasteiger partial charge in [-0.2, -0.15) is 5.26 Å². The minimum absolute atomic E-state index is 0.326. The van der Waals surface area contributed by atoms with Crippen LogP contribution in [0.5, 0.6) is 0 Å². The molecule has 1 atom stereocenters. The second-order valence-electron chi connectivity index (χ2n) is 6.29. The first-order valence-electron chi connectivity index (χ1n) is 9.05. The van der Waals surface area contributed by atoms with Crippen LogP contribution >= 0.6 is 0 Å². The molecular weight excluding hydrogens is 366 g/mol. The summed E-state index contributed by atoms with van der Waals surface area (Å²) in [5.41, 5.74) is 2.02. The van der Waals surface area contributed by atoms with Gasteiger partial charge in [-0.05, 0) is 43.0 Å². The molecule has 0 spiro atoms. The number of hydrogen-bond acceptors (Lipinski definition) is 6. The summed E-state index contributed by atoms with van der Waals surface area (Å²) in [6.07, 6.45) is 0.841. The van der Waals surface area contributed by atoms with E-state index in [1.807, 2.05) is 12.1 Å². The van der Waals surface area contributed by atoms with Gasteiger partial charge in [-0.1, -0.05) is 26.0 Å². The maximum Gasteiger partial charge on any atom is 0.251 e. The minimum Gasteiger partial charge on any atom is -0.394 e. The van der Waals surface area contributed by atoms with Crippen molar-refractivity contribution in [3.05, 3.63) is 34.7 Å². The zero-order chi connectivity index (χ0) is 20.4. The van der Waals surface area contributed by atoms with Gasteiger partial charge >= 0.3 is 0 Å². The summed E-state index contributed by atoms with van der Waals surface area (Å²) in [5.74, 6) is 0. The lowest BCUT2D eigenvalue weighted by Gasteiger charge is -2.24. The highest BCUT2D eigenvalue weighted by atomic mass is 32.2. The van der Waals surface area contributed by atoms with E-state index in [2.05, 4.69) is 23.5 Å². The molecule has 0 bridgehead atoms. The Morgan fingerprint density at radius 3 is 2.22 bits per heavy atom. The summed E-state index contributed by atoms with van der Waals surface area (Å²) in [7, 11) is -4.08. The number of allylic oxidation sites excluding steroid dienone is 2. The summed E-state index contributed by atoms with van der Waals surface area (Å²) < 4.78 is 26.8. The van der Waals surface area contributed by atoms with E-state index in [4.69, 9.17) is 5.11 Å². The second kappa shape index (κ2) is 11.0. The van der Waals surface area contributed by atoms with Crippen LogP contribution in [-0.2, 0) is 10.0 Å².